The molecular formula is C10H16N4OS. The molecule has 5 nitrogen and oxygen atoms in total. The molecule has 1 aromatic heterocycles. The number of rotatable bonds is 2. The van der Waals surface area contributed by atoms with Crippen LogP contribution in [0.2, 0.25) is 0 Å². The number of hydrogen-bond donors (Lipinski definition) is 1. The first-order valence-corrected chi connectivity index (χ1v) is 6.46. The summed E-state index contributed by atoms with van der Waals surface area (Å²) in [6.45, 7) is 2.02. The van der Waals surface area contributed by atoms with Crippen LogP contribution in [0.4, 0.5) is 11.8 Å². The largest absolute Gasteiger partial charge is 0.481 e. The lowest BCUT2D eigenvalue weighted by Crippen LogP contribution is -2.26. The fourth-order valence-electron chi connectivity index (χ4n) is 1.67. The molecule has 0 aromatic carbocycles. The second-order valence-corrected chi connectivity index (χ2v) is 4.80. The zero-order valence-corrected chi connectivity index (χ0v) is 10.2. The third-order valence-corrected chi connectivity index (χ3v) is 3.51. The molecule has 0 radical (unpaired) electrons. The molecule has 6 heteroatoms. The number of methoxy groups -OCH3 is 1. The van der Waals surface area contributed by atoms with Crippen LogP contribution in [-0.4, -0.2) is 41.7 Å². The number of aromatic nitrogens is 2. The van der Waals surface area contributed by atoms with E-state index in [0.717, 1.165) is 24.7 Å². The third kappa shape index (κ3) is 2.69. The molecule has 1 saturated heterocycles. The minimum atomic E-state index is 0.270. The van der Waals surface area contributed by atoms with Gasteiger partial charge >= 0.3 is 0 Å². The highest BCUT2D eigenvalue weighted by atomic mass is 32.2. The second kappa shape index (κ2) is 5.25. The Bertz CT molecular complexity index is 353. The lowest BCUT2D eigenvalue weighted by Gasteiger charge is -2.21. The van der Waals surface area contributed by atoms with Gasteiger partial charge in [0.25, 0.3) is 0 Å². The van der Waals surface area contributed by atoms with Gasteiger partial charge in [-0.15, -0.1) is 0 Å². The fourth-order valence-corrected chi connectivity index (χ4v) is 2.56. The van der Waals surface area contributed by atoms with Crippen molar-refractivity contribution in [3.8, 4) is 5.88 Å². The van der Waals surface area contributed by atoms with Gasteiger partial charge in [-0.2, -0.15) is 21.7 Å². The quantitative estimate of drug-likeness (QED) is 0.832. The van der Waals surface area contributed by atoms with E-state index in [-0.39, 0.29) is 5.95 Å². The van der Waals surface area contributed by atoms with Gasteiger partial charge in [-0.25, -0.2) is 0 Å². The van der Waals surface area contributed by atoms with Gasteiger partial charge < -0.3 is 15.4 Å². The Balaban J connectivity index is 2.20. The molecule has 0 unspecified atom stereocenters. The Labute approximate surface area is 99.4 Å². The van der Waals surface area contributed by atoms with Crippen molar-refractivity contribution in [1.29, 1.82) is 0 Å². The normalized spacial score (nSPS) is 16.9. The lowest BCUT2D eigenvalue weighted by molar-refractivity contribution is 0.397. The SMILES string of the molecule is COc1cc(N2CCCSCC2)nc(N)n1. The molecule has 1 aliphatic rings. The van der Waals surface area contributed by atoms with Gasteiger partial charge in [-0.3, -0.25) is 0 Å². The summed E-state index contributed by atoms with van der Waals surface area (Å²) in [7, 11) is 1.59. The molecule has 0 atom stereocenters. The molecule has 2 heterocycles. The average molecular weight is 240 g/mol. The van der Waals surface area contributed by atoms with Gasteiger partial charge in [0.15, 0.2) is 0 Å². The summed E-state index contributed by atoms with van der Waals surface area (Å²) >= 11 is 1.98. The smallest absolute Gasteiger partial charge is 0.225 e. The average Bonchev–Trinajstić information content (AvgIpc) is 2.56. The van der Waals surface area contributed by atoms with Crippen LogP contribution in [0.1, 0.15) is 6.42 Å². The molecule has 0 aliphatic carbocycles. The van der Waals surface area contributed by atoms with Gasteiger partial charge in [-0.05, 0) is 12.2 Å². The topological polar surface area (TPSA) is 64.3 Å². The lowest BCUT2D eigenvalue weighted by atomic mass is 10.4. The van der Waals surface area contributed by atoms with Gasteiger partial charge in [0.1, 0.15) is 5.82 Å². The highest BCUT2D eigenvalue weighted by molar-refractivity contribution is 7.99. The molecule has 2 rings (SSSR count). The van der Waals surface area contributed by atoms with E-state index in [1.165, 1.54) is 12.2 Å². The van der Waals surface area contributed by atoms with Crippen molar-refractivity contribution in [2.24, 2.45) is 0 Å². The van der Waals surface area contributed by atoms with E-state index in [1.807, 2.05) is 17.8 Å². The highest BCUT2D eigenvalue weighted by Gasteiger charge is 2.13. The van der Waals surface area contributed by atoms with Crippen molar-refractivity contribution < 1.29 is 4.74 Å². The molecular weight excluding hydrogens is 224 g/mol. The van der Waals surface area contributed by atoms with Crippen molar-refractivity contribution in [1.82, 2.24) is 9.97 Å². The first-order valence-electron chi connectivity index (χ1n) is 5.31. The molecule has 1 aliphatic heterocycles. The number of thioether (sulfide) groups is 1. The van der Waals surface area contributed by atoms with E-state index in [1.54, 1.807) is 7.11 Å². The van der Waals surface area contributed by atoms with E-state index >= 15 is 0 Å². The van der Waals surface area contributed by atoms with Crippen LogP contribution in [0.5, 0.6) is 5.88 Å². The molecule has 88 valence electrons. The maximum absolute atomic E-state index is 5.65. The Morgan fingerprint density at radius 2 is 2.25 bits per heavy atom. The fraction of sp³-hybridized carbons (Fsp3) is 0.600. The van der Waals surface area contributed by atoms with Crippen LogP contribution in [-0.2, 0) is 0 Å². The molecule has 1 aromatic rings. The predicted octanol–water partition coefficient (Wildman–Crippen LogP) is 1.01. The maximum atomic E-state index is 5.65. The molecule has 2 N–H and O–H groups in total. The standard InChI is InChI=1S/C10H16N4OS/c1-15-9-7-8(12-10(11)13-9)14-3-2-5-16-6-4-14/h7H,2-6H2,1H3,(H2,11,12,13). The first kappa shape index (κ1) is 11.3. The van der Waals surface area contributed by atoms with Gasteiger partial charge in [0.05, 0.1) is 7.11 Å². The summed E-state index contributed by atoms with van der Waals surface area (Å²) in [5.41, 5.74) is 5.65. The van der Waals surface area contributed by atoms with Gasteiger partial charge in [0, 0.05) is 24.9 Å². The number of ether oxygens (including phenoxy) is 1. The van der Waals surface area contributed by atoms with Crippen molar-refractivity contribution in [3.05, 3.63) is 6.07 Å². The van der Waals surface area contributed by atoms with E-state index < -0.39 is 0 Å². The summed E-state index contributed by atoms with van der Waals surface area (Å²) < 4.78 is 5.09. The molecule has 1 fully saturated rings. The zero-order valence-electron chi connectivity index (χ0n) is 9.35. The van der Waals surface area contributed by atoms with Crippen molar-refractivity contribution in [3.63, 3.8) is 0 Å². The minimum absolute atomic E-state index is 0.270. The number of hydrogen-bond acceptors (Lipinski definition) is 6. The Kier molecular flexibility index (Phi) is 3.71. The number of nitrogens with two attached hydrogens (primary N) is 1. The number of nitrogen functional groups attached to an aromatic ring is 1. The summed E-state index contributed by atoms with van der Waals surface area (Å²) in [5, 5.41) is 0. The van der Waals surface area contributed by atoms with Crippen molar-refractivity contribution >= 4 is 23.5 Å². The first-order chi connectivity index (χ1) is 7.79. The molecule has 16 heavy (non-hydrogen) atoms. The Morgan fingerprint density at radius 1 is 1.38 bits per heavy atom. The summed E-state index contributed by atoms with van der Waals surface area (Å²) in [5.74, 6) is 4.01. The monoisotopic (exact) mass is 240 g/mol. The number of anilines is 2. The van der Waals surface area contributed by atoms with E-state index in [0.29, 0.717) is 5.88 Å². The molecule has 0 spiro atoms. The third-order valence-electron chi connectivity index (χ3n) is 2.46. The van der Waals surface area contributed by atoms with Crippen LogP contribution in [0.25, 0.3) is 0 Å². The van der Waals surface area contributed by atoms with E-state index in [9.17, 15) is 0 Å². The molecule has 0 saturated carbocycles. The summed E-state index contributed by atoms with van der Waals surface area (Å²) in [6.07, 6.45) is 1.18. The molecule has 0 bridgehead atoms. The summed E-state index contributed by atoms with van der Waals surface area (Å²) in [6, 6.07) is 1.84. The van der Waals surface area contributed by atoms with Crippen molar-refractivity contribution in [2.75, 3.05) is 42.3 Å². The van der Waals surface area contributed by atoms with Gasteiger partial charge in [0.2, 0.25) is 11.8 Å². The predicted molar refractivity (Wildman–Crippen MR) is 67.2 cm³/mol. The maximum Gasteiger partial charge on any atom is 0.225 e. The van der Waals surface area contributed by atoms with E-state index in [2.05, 4.69) is 14.9 Å². The zero-order chi connectivity index (χ0) is 11.4. The minimum Gasteiger partial charge on any atom is -0.481 e. The Morgan fingerprint density at radius 3 is 3.06 bits per heavy atom. The van der Waals surface area contributed by atoms with Crippen LogP contribution >= 0.6 is 11.8 Å². The molecule has 0 amide bonds. The van der Waals surface area contributed by atoms with Crippen LogP contribution in [0.15, 0.2) is 6.07 Å². The van der Waals surface area contributed by atoms with Crippen molar-refractivity contribution in [2.45, 2.75) is 6.42 Å². The van der Waals surface area contributed by atoms with Crippen LogP contribution in [0.3, 0.4) is 0 Å². The summed E-state index contributed by atoms with van der Waals surface area (Å²) in [4.78, 5) is 10.5. The highest BCUT2D eigenvalue weighted by Crippen LogP contribution is 2.21. The van der Waals surface area contributed by atoms with Gasteiger partial charge in [-0.1, -0.05) is 0 Å². The van der Waals surface area contributed by atoms with Crippen LogP contribution in [0, 0.1) is 0 Å². The Hall–Kier alpha value is -1.17. The second-order valence-electron chi connectivity index (χ2n) is 3.58. The number of nitrogens with zero attached hydrogens (tertiary/aromatic N) is 3. The van der Waals surface area contributed by atoms with Crippen LogP contribution < -0.4 is 15.4 Å². The van der Waals surface area contributed by atoms with E-state index in [4.69, 9.17) is 10.5 Å².